The van der Waals surface area contributed by atoms with E-state index in [0.717, 1.165) is 12.8 Å². The molecule has 1 aromatic heterocycles. The number of amides is 1. The zero-order chi connectivity index (χ0) is 26.4. The number of piperidine rings is 1. The van der Waals surface area contributed by atoms with E-state index >= 15 is 0 Å². The second kappa shape index (κ2) is 11.8. The molecule has 0 radical (unpaired) electrons. The zero-order valence-corrected chi connectivity index (χ0v) is 21.0. The topological polar surface area (TPSA) is 120 Å². The van der Waals surface area contributed by atoms with Gasteiger partial charge in [0.25, 0.3) is 0 Å². The normalized spacial score (nSPS) is 15.9. The molecule has 10 heteroatoms. The second-order valence-corrected chi connectivity index (χ2v) is 9.23. The molecule has 8 nitrogen and oxygen atoms in total. The number of hydrogen-bond acceptors (Lipinski definition) is 7. The lowest BCUT2D eigenvalue weighted by Gasteiger charge is -2.32. The van der Waals surface area contributed by atoms with Crippen LogP contribution in [0.25, 0.3) is 0 Å². The summed E-state index contributed by atoms with van der Waals surface area (Å²) in [6, 6.07) is 11.3. The van der Waals surface area contributed by atoms with E-state index < -0.39 is 0 Å². The van der Waals surface area contributed by atoms with Crippen LogP contribution in [-0.2, 0) is 17.8 Å². The number of nitrogens with zero attached hydrogens (tertiary/aromatic N) is 4. The minimum atomic E-state index is -0.335. The van der Waals surface area contributed by atoms with E-state index in [1.54, 1.807) is 35.2 Å². The summed E-state index contributed by atoms with van der Waals surface area (Å²) in [5.41, 5.74) is 9.18. The van der Waals surface area contributed by atoms with E-state index in [9.17, 15) is 9.18 Å². The van der Waals surface area contributed by atoms with Crippen molar-refractivity contribution in [2.45, 2.75) is 25.9 Å². The van der Waals surface area contributed by atoms with Crippen LogP contribution in [0.5, 0.6) is 5.75 Å². The molecule has 1 fully saturated rings. The van der Waals surface area contributed by atoms with Crippen LogP contribution in [0.3, 0.4) is 0 Å². The Balaban J connectivity index is 1.56. The number of aromatic nitrogens is 2. The molecule has 3 aromatic rings. The fraction of sp³-hybridized carbons (Fsp3) is 0.259. The largest absolute Gasteiger partial charge is 0.487 e. The Morgan fingerprint density at radius 3 is 2.86 bits per heavy atom. The molecule has 2 aromatic carbocycles. The SMILES string of the molecule is C=CC(=O)N1CCC[C@H](Cc2ncnc(N)c2/C(=N\N)c2ccc(OCc3cccc(F)c3)c(Cl)c2)C1. The van der Waals surface area contributed by atoms with E-state index in [-0.39, 0.29) is 30.1 Å². The van der Waals surface area contributed by atoms with Crippen LogP contribution in [0.4, 0.5) is 10.2 Å². The maximum Gasteiger partial charge on any atom is 0.245 e. The number of benzene rings is 2. The molecule has 0 saturated carbocycles. The highest BCUT2D eigenvalue weighted by atomic mass is 35.5. The quantitative estimate of drug-likeness (QED) is 0.199. The summed E-state index contributed by atoms with van der Waals surface area (Å²) >= 11 is 6.51. The average Bonchev–Trinajstić information content (AvgIpc) is 2.90. The van der Waals surface area contributed by atoms with Gasteiger partial charge in [0.2, 0.25) is 5.91 Å². The van der Waals surface area contributed by atoms with E-state index in [4.69, 9.17) is 27.9 Å². The molecule has 1 aliphatic rings. The van der Waals surface area contributed by atoms with Gasteiger partial charge in [0.1, 0.15) is 36.0 Å². The van der Waals surface area contributed by atoms with Crippen molar-refractivity contribution in [1.82, 2.24) is 14.9 Å². The van der Waals surface area contributed by atoms with Crippen molar-refractivity contribution in [3.05, 3.63) is 94.7 Å². The smallest absolute Gasteiger partial charge is 0.245 e. The van der Waals surface area contributed by atoms with Crippen molar-refractivity contribution in [3.63, 3.8) is 0 Å². The number of hydrogen-bond donors (Lipinski definition) is 2. The molecule has 1 saturated heterocycles. The lowest BCUT2D eigenvalue weighted by molar-refractivity contribution is -0.127. The number of rotatable bonds is 8. The third-order valence-corrected chi connectivity index (χ3v) is 6.59. The Hall–Kier alpha value is -3.98. The highest BCUT2D eigenvalue weighted by Crippen LogP contribution is 2.30. The first-order chi connectivity index (χ1) is 17.9. The third kappa shape index (κ3) is 6.24. The first-order valence-electron chi connectivity index (χ1n) is 11.9. The number of halogens is 2. The Labute approximate surface area is 219 Å². The van der Waals surface area contributed by atoms with E-state index in [1.165, 1.54) is 24.5 Å². The lowest BCUT2D eigenvalue weighted by Crippen LogP contribution is -2.39. The number of likely N-dealkylation sites (tertiary alicyclic amines) is 1. The van der Waals surface area contributed by atoms with Gasteiger partial charge in [0.05, 0.1) is 16.3 Å². The van der Waals surface area contributed by atoms with Crippen LogP contribution in [-0.4, -0.2) is 39.6 Å². The molecular formula is C27H28ClFN6O2. The molecule has 0 spiro atoms. The molecule has 1 atom stereocenters. The van der Waals surface area contributed by atoms with E-state index in [1.807, 2.05) is 0 Å². The van der Waals surface area contributed by atoms with Crippen LogP contribution in [0.2, 0.25) is 5.02 Å². The van der Waals surface area contributed by atoms with Gasteiger partial charge >= 0.3 is 0 Å². The maximum absolute atomic E-state index is 13.5. The number of nitrogens with two attached hydrogens (primary N) is 2. The van der Waals surface area contributed by atoms with Gasteiger partial charge in [-0.2, -0.15) is 5.10 Å². The monoisotopic (exact) mass is 522 g/mol. The molecule has 0 bridgehead atoms. The highest BCUT2D eigenvalue weighted by Gasteiger charge is 2.26. The van der Waals surface area contributed by atoms with Crippen LogP contribution in [0.1, 0.15) is 35.2 Å². The van der Waals surface area contributed by atoms with Gasteiger partial charge < -0.3 is 21.2 Å². The summed E-state index contributed by atoms with van der Waals surface area (Å²) in [5, 5.41) is 4.34. The number of anilines is 1. The fourth-order valence-electron chi connectivity index (χ4n) is 4.52. The summed E-state index contributed by atoms with van der Waals surface area (Å²) in [4.78, 5) is 22.6. The molecule has 0 unspecified atom stereocenters. The number of carbonyl (C=O) groups excluding carboxylic acids is 1. The Kier molecular flexibility index (Phi) is 8.35. The standard InChI is InChI=1S/C27H28ClFN6O2/c1-2-24(36)35-10-4-6-17(14-35)12-22-25(27(30)33-16-32-22)26(34-31)19-8-9-23(21(28)13-19)37-15-18-5-3-7-20(29)11-18/h2-3,5,7-9,11,13,16-17H,1,4,6,10,12,14-15,31H2,(H2,30,32,33)/b34-26-/t17-/m1/s1. The van der Waals surface area contributed by atoms with E-state index in [0.29, 0.717) is 58.4 Å². The summed E-state index contributed by atoms with van der Waals surface area (Å²) in [6.07, 6.45) is 5.16. The molecule has 4 rings (SSSR count). The van der Waals surface area contributed by atoms with Gasteiger partial charge in [0.15, 0.2) is 0 Å². The van der Waals surface area contributed by atoms with Crippen LogP contribution < -0.4 is 16.3 Å². The molecule has 192 valence electrons. The number of carbonyl (C=O) groups is 1. The van der Waals surface area contributed by atoms with Crippen molar-refractivity contribution in [1.29, 1.82) is 0 Å². The average molecular weight is 523 g/mol. The molecule has 4 N–H and O–H groups in total. The third-order valence-electron chi connectivity index (χ3n) is 6.30. The first-order valence-corrected chi connectivity index (χ1v) is 12.2. The molecule has 0 aliphatic carbocycles. The lowest BCUT2D eigenvalue weighted by atomic mass is 9.90. The van der Waals surface area contributed by atoms with Gasteiger partial charge in [-0.3, -0.25) is 4.79 Å². The summed E-state index contributed by atoms with van der Waals surface area (Å²) in [7, 11) is 0. The van der Waals surface area contributed by atoms with Crippen molar-refractivity contribution in [2.75, 3.05) is 18.8 Å². The predicted molar refractivity (Wildman–Crippen MR) is 142 cm³/mol. The van der Waals surface area contributed by atoms with Crippen LogP contribution in [0, 0.1) is 11.7 Å². The fourth-order valence-corrected chi connectivity index (χ4v) is 4.76. The predicted octanol–water partition coefficient (Wildman–Crippen LogP) is 4.11. The van der Waals surface area contributed by atoms with Crippen LogP contribution >= 0.6 is 11.6 Å². The summed E-state index contributed by atoms with van der Waals surface area (Å²) < 4.78 is 19.2. The van der Waals surface area contributed by atoms with Crippen molar-refractivity contribution >= 4 is 29.0 Å². The molecule has 37 heavy (non-hydrogen) atoms. The molecule has 1 aliphatic heterocycles. The van der Waals surface area contributed by atoms with Gasteiger partial charge in [-0.05, 0) is 67.2 Å². The first kappa shape index (κ1) is 26.1. The van der Waals surface area contributed by atoms with E-state index in [2.05, 4.69) is 21.6 Å². The Bertz CT molecular complexity index is 1330. The van der Waals surface area contributed by atoms with Crippen molar-refractivity contribution < 1.29 is 13.9 Å². The summed E-state index contributed by atoms with van der Waals surface area (Å²) in [5.74, 6) is 6.27. The Morgan fingerprint density at radius 1 is 1.30 bits per heavy atom. The van der Waals surface area contributed by atoms with Crippen molar-refractivity contribution in [2.24, 2.45) is 16.9 Å². The summed E-state index contributed by atoms with van der Waals surface area (Å²) in [6.45, 7) is 5.06. The van der Waals surface area contributed by atoms with Crippen molar-refractivity contribution in [3.8, 4) is 5.75 Å². The van der Waals surface area contributed by atoms with Crippen LogP contribution in [0.15, 0.2) is 66.5 Å². The van der Waals surface area contributed by atoms with Gasteiger partial charge in [-0.15, -0.1) is 0 Å². The number of nitrogen functional groups attached to an aromatic ring is 1. The minimum absolute atomic E-state index is 0.0781. The van der Waals surface area contributed by atoms with Gasteiger partial charge in [0, 0.05) is 18.7 Å². The van der Waals surface area contributed by atoms with Gasteiger partial charge in [-0.1, -0.05) is 30.3 Å². The second-order valence-electron chi connectivity index (χ2n) is 8.82. The molecule has 1 amide bonds. The molecule has 2 heterocycles. The zero-order valence-electron chi connectivity index (χ0n) is 20.2. The maximum atomic E-state index is 13.5. The molecular weight excluding hydrogens is 495 g/mol. The van der Waals surface area contributed by atoms with Gasteiger partial charge in [-0.25, -0.2) is 14.4 Å². The number of ether oxygens (including phenoxy) is 1. The Morgan fingerprint density at radius 2 is 2.14 bits per heavy atom. The number of hydrazone groups is 1. The minimum Gasteiger partial charge on any atom is -0.487 e. The highest BCUT2D eigenvalue weighted by molar-refractivity contribution is 6.32.